The van der Waals surface area contributed by atoms with E-state index in [0.717, 1.165) is 23.7 Å². The maximum Gasteiger partial charge on any atom is 0.124 e. The number of hydrogen-bond acceptors (Lipinski definition) is 2. The Morgan fingerprint density at radius 2 is 1.95 bits per heavy atom. The summed E-state index contributed by atoms with van der Waals surface area (Å²) in [5.74, 6) is 2.00. The van der Waals surface area contributed by atoms with Gasteiger partial charge in [-0.15, -0.1) is 0 Å². The molecule has 1 aromatic rings. The predicted molar refractivity (Wildman–Crippen MR) is 73.5 cm³/mol. The lowest BCUT2D eigenvalue weighted by Crippen LogP contribution is -2.37. The lowest BCUT2D eigenvalue weighted by atomic mass is 9.77. The first kappa shape index (κ1) is 12.9. The molecule has 2 atom stereocenters. The minimum Gasteiger partial charge on any atom is -0.490 e. The van der Waals surface area contributed by atoms with Crippen molar-refractivity contribution in [1.82, 2.24) is 0 Å². The fraction of sp³-hybridized carbons (Fsp3) is 0.625. The third-order valence-corrected chi connectivity index (χ3v) is 4.72. The molecule has 1 aromatic carbocycles. The Kier molecular flexibility index (Phi) is 3.48. The Bertz CT molecular complexity index is 454. The molecule has 0 saturated heterocycles. The van der Waals surface area contributed by atoms with Gasteiger partial charge in [-0.3, -0.25) is 0 Å². The Labute approximate surface area is 114 Å². The molecule has 2 nitrogen and oxygen atoms in total. The fourth-order valence-corrected chi connectivity index (χ4v) is 3.45. The van der Waals surface area contributed by atoms with Crippen LogP contribution in [0.3, 0.4) is 0 Å². The second kappa shape index (κ2) is 5.12. The first-order chi connectivity index (χ1) is 9.13. The van der Waals surface area contributed by atoms with Crippen LogP contribution in [0.1, 0.15) is 50.6 Å². The number of ether oxygens (including phenoxy) is 1. The average Bonchev–Trinajstić information content (AvgIpc) is 2.40. The number of fused-ring (bicyclic) bond motifs is 1. The minimum absolute atomic E-state index is 0.0937. The highest BCUT2D eigenvalue weighted by molar-refractivity contribution is 5.38. The fourth-order valence-electron chi connectivity index (χ4n) is 3.45. The van der Waals surface area contributed by atoms with Crippen LogP contribution < -0.4 is 10.5 Å². The molecule has 0 spiro atoms. The van der Waals surface area contributed by atoms with Crippen LogP contribution in [0.15, 0.2) is 18.2 Å². The van der Waals surface area contributed by atoms with E-state index in [1.54, 1.807) is 6.07 Å². The standard InChI is InChI=1S/C16H22FNO/c1-10-2-4-11(5-3-10)16-9-14(18)13-8-12(17)6-7-15(13)19-16/h6-8,10-11,14,16H,2-5,9,18H2,1H3/t10?,11?,14-,16?/m0/s1. The van der Waals surface area contributed by atoms with Gasteiger partial charge in [-0.1, -0.05) is 19.8 Å². The van der Waals surface area contributed by atoms with Gasteiger partial charge in [0.2, 0.25) is 0 Å². The van der Waals surface area contributed by atoms with E-state index in [2.05, 4.69) is 6.92 Å². The zero-order valence-electron chi connectivity index (χ0n) is 11.4. The molecular weight excluding hydrogens is 241 g/mol. The highest BCUT2D eigenvalue weighted by atomic mass is 19.1. The first-order valence-corrected chi connectivity index (χ1v) is 7.35. The van der Waals surface area contributed by atoms with Gasteiger partial charge in [0.05, 0.1) is 0 Å². The summed E-state index contributed by atoms with van der Waals surface area (Å²) < 4.78 is 19.3. The molecule has 0 amide bonds. The molecule has 1 aliphatic heterocycles. The van der Waals surface area contributed by atoms with E-state index < -0.39 is 0 Å². The van der Waals surface area contributed by atoms with Crippen molar-refractivity contribution in [2.75, 3.05) is 0 Å². The largest absolute Gasteiger partial charge is 0.490 e. The summed E-state index contributed by atoms with van der Waals surface area (Å²) in [6.45, 7) is 2.32. The van der Waals surface area contributed by atoms with Crippen molar-refractivity contribution in [2.24, 2.45) is 17.6 Å². The third-order valence-electron chi connectivity index (χ3n) is 4.72. The van der Waals surface area contributed by atoms with Gasteiger partial charge in [0.1, 0.15) is 17.7 Å². The molecule has 0 aromatic heterocycles. The van der Waals surface area contributed by atoms with Crippen LogP contribution in [-0.2, 0) is 0 Å². The van der Waals surface area contributed by atoms with Crippen LogP contribution >= 0.6 is 0 Å². The van der Waals surface area contributed by atoms with Crippen molar-refractivity contribution in [3.05, 3.63) is 29.6 Å². The number of halogens is 1. The average molecular weight is 263 g/mol. The topological polar surface area (TPSA) is 35.2 Å². The van der Waals surface area contributed by atoms with Crippen molar-refractivity contribution < 1.29 is 9.13 Å². The lowest BCUT2D eigenvalue weighted by Gasteiger charge is -2.38. The molecule has 19 heavy (non-hydrogen) atoms. The summed E-state index contributed by atoms with van der Waals surface area (Å²) in [7, 11) is 0. The number of nitrogens with two attached hydrogens (primary N) is 1. The number of rotatable bonds is 1. The highest BCUT2D eigenvalue weighted by Gasteiger charge is 2.33. The van der Waals surface area contributed by atoms with E-state index in [0.29, 0.717) is 5.92 Å². The summed E-state index contributed by atoms with van der Waals surface area (Å²) in [5, 5.41) is 0. The van der Waals surface area contributed by atoms with Gasteiger partial charge < -0.3 is 10.5 Å². The maximum atomic E-state index is 13.3. The van der Waals surface area contributed by atoms with Crippen LogP contribution in [-0.4, -0.2) is 6.10 Å². The normalized spacial score (nSPS) is 34.5. The first-order valence-electron chi connectivity index (χ1n) is 7.35. The molecule has 2 aliphatic rings. The van der Waals surface area contributed by atoms with E-state index in [9.17, 15) is 4.39 Å². The molecule has 1 aliphatic carbocycles. The second-order valence-corrected chi connectivity index (χ2v) is 6.20. The lowest BCUT2D eigenvalue weighted by molar-refractivity contribution is 0.0701. The highest BCUT2D eigenvalue weighted by Crippen LogP contribution is 2.40. The second-order valence-electron chi connectivity index (χ2n) is 6.20. The zero-order valence-corrected chi connectivity index (χ0v) is 11.4. The van der Waals surface area contributed by atoms with Gasteiger partial charge in [-0.05, 0) is 42.9 Å². The summed E-state index contributed by atoms with van der Waals surface area (Å²) in [5.41, 5.74) is 7.01. The summed E-state index contributed by atoms with van der Waals surface area (Å²) in [6, 6.07) is 4.60. The molecule has 1 unspecified atom stereocenters. The molecule has 3 heteroatoms. The third kappa shape index (κ3) is 2.62. The van der Waals surface area contributed by atoms with Gasteiger partial charge in [0, 0.05) is 18.0 Å². The summed E-state index contributed by atoms with van der Waals surface area (Å²) in [4.78, 5) is 0. The monoisotopic (exact) mass is 263 g/mol. The number of hydrogen-bond donors (Lipinski definition) is 1. The van der Waals surface area contributed by atoms with E-state index in [1.165, 1.54) is 37.8 Å². The molecule has 1 saturated carbocycles. The summed E-state index contributed by atoms with van der Waals surface area (Å²) in [6.07, 6.45) is 6.06. The van der Waals surface area contributed by atoms with Crippen LogP contribution in [0, 0.1) is 17.7 Å². The number of benzene rings is 1. The van der Waals surface area contributed by atoms with Gasteiger partial charge in [-0.2, -0.15) is 0 Å². The molecule has 0 radical (unpaired) electrons. The SMILES string of the molecule is CC1CCC(C2C[C@H](N)c3cc(F)ccc3O2)CC1. The Morgan fingerprint density at radius 3 is 2.68 bits per heavy atom. The smallest absolute Gasteiger partial charge is 0.124 e. The Balaban J connectivity index is 1.75. The van der Waals surface area contributed by atoms with Crippen molar-refractivity contribution in [2.45, 2.75) is 51.2 Å². The van der Waals surface area contributed by atoms with Gasteiger partial charge >= 0.3 is 0 Å². The van der Waals surface area contributed by atoms with E-state index in [4.69, 9.17) is 10.5 Å². The van der Waals surface area contributed by atoms with Crippen molar-refractivity contribution in [3.63, 3.8) is 0 Å². The Hall–Kier alpha value is -1.09. The summed E-state index contributed by atoms with van der Waals surface area (Å²) >= 11 is 0. The van der Waals surface area contributed by atoms with E-state index in [1.807, 2.05) is 0 Å². The molecule has 1 heterocycles. The molecule has 3 rings (SSSR count). The van der Waals surface area contributed by atoms with E-state index in [-0.39, 0.29) is 18.0 Å². The van der Waals surface area contributed by atoms with Gasteiger partial charge in [-0.25, -0.2) is 4.39 Å². The van der Waals surface area contributed by atoms with Gasteiger partial charge in [0.25, 0.3) is 0 Å². The zero-order chi connectivity index (χ0) is 13.4. The van der Waals surface area contributed by atoms with Crippen molar-refractivity contribution >= 4 is 0 Å². The van der Waals surface area contributed by atoms with E-state index >= 15 is 0 Å². The molecule has 2 N–H and O–H groups in total. The van der Waals surface area contributed by atoms with Crippen molar-refractivity contribution in [3.8, 4) is 5.75 Å². The maximum absolute atomic E-state index is 13.3. The van der Waals surface area contributed by atoms with Crippen LogP contribution in [0.5, 0.6) is 5.75 Å². The Morgan fingerprint density at radius 1 is 1.21 bits per heavy atom. The van der Waals surface area contributed by atoms with Crippen LogP contribution in [0.2, 0.25) is 0 Å². The minimum atomic E-state index is -0.234. The van der Waals surface area contributed by atoms with Gasteiger partial charge in [0.15, 0.2) is 0 Å². The molecule has 1 fully saturated rings. The van der Waals surface area contributed by atoms with Crippen LogP contribution in [0.25, 0.3) is 0 Å². The van der Waals surface area contributed by atoms with Crippen LogP contribution in [0.4, 0.5) is 4.39 Å². The molecule has 104 valence electrons. The van der Waals surface area contributed by atoms with Crippen molar-refractivity contribution in [1.29, 1.82) is 0 Å². The molecule has 0 bridgehead atoms. The molecular formula is C16H22FNO. The predicted octanol–water partition coefficient (Wildman–Crippen LogP) is 3.80. The quantitative estimate of drug-likeness (QED) is 0.836.